The van der Waals surface area contributed by atoms with Crippen LogP contribution in [0, 0.1) is 13.8 Å². The van der Waals surface area contributed by atoms with Crippen LogP contribution >= 0.6 is 0 Å². The Labute approximate surface area is 196 Å². The summed E-state index contributed by atoms with van der Waals surface area (Å²) in [5, 5.41) is 13.2. The summed E-state index contributed by atoms with van der Waals surface area (Å²) in [5.41, 5.74) is 5.22. The molecule has 2 aromatic carbocycles. The predicted octanol–water partition coefficient (Wildman–Crippen LogP) is 4.33. The first-order valence-corrected chi connectivity index (χ1v) is 12.1. The van der Waals surface area contributed by atoms with Crippen LogP contribution in [0.15, 0.2) is 42.5 Å². The number of benzene rings is 2. The summed E-state index contributed by atoms with van der Waals surface area (Å²) in [6.07, 6.45) is 4.83. The average molecular weight is 447 g/mol. The maximum Gasteiger partial charge on any atom is 0.173 e. The van der Waals surface area contributed by atoms with Gasteiger partial charge in [0.15, 0.2) is 5.82 Å². The Balaban J connectivity index is 1.43. The Bertz CT molecular complexity index is 1060. The van der Waals surface area contributed by atoms with Crippen LogP contribution in [0.3, 0.4) is 0 Å². The molecule has 33 heavy (non-hydrogen) atoms. The van der Waals surface area contributed by atoms with Crippen molar-refractivity contribution in [3.8, 4) is 5.75 Å². The largest absolute Gasteiger partial charge is 0.497 e. The van der Waals surface area contributed by atoms with Gasteiger partial charge in [0.2, 0.25) is 0 Å². The van der Waals surface area contributed by atoms with E-state index < -0.39 is 0 Å². The summed E-state index contributed by atoms with van der Waals surface area (Å²) in [6.45, 7) is 8.27. The second kappa shape index (κ2) is 9.51. The third kappa shape index (κ3) is 4.47. The summed E-state index contributed by atoms with van der Waals surface area (Å²) in [6, 6.07) is 15.6. The van der Waals surface area contributed by atoms with Gasteiger partial charge in [-0.2, -0.15) is 0 Å². The fourth-order valence-corrected chi connectivity index (χ4v) is 5.38. The number of hydrogen-bond donors (Lipinski definition) is 0. The number of nitrogens with zero attached hydrogens (tertiary/aromatic N) is 6. The van der Waals surface area contributed by atoms with Crippen molar-refractivity contribution >= 4 is 5.69 Å². The quantitative estimate of drug-likeness (QED) is 0.562. The zero-order valence-electron chi connectivity index (χ0n) is 19.9. The van der Waals surface area contributed by atoms with Crippen molar-refractivity contribution in [1.29, 1.82) is 0 Å². The van der Waals surface area contributed by atoms with Gasteiger partial charge in [-0.05, 0) is 72.0 Å². The van der Waals surface area contributed by atoms with Gasteiger partial charge < -0.3 is 9.64 Å². The van der Waals surface area contributed by atoms with Gasteiger partial charge in [-0.1, -0.05) is 37.1 Å². The first kappa shape index (κ1) is 21.9. The highest BCUT2D eigenvalue weighted by atomic mass is 16.5. The molecular weight excluding hydrogens is 412 g/mol. The highest BCUT2D eigenvalue weighted by molar-refractivity contribution is 5.55. The minimum atomic E-state index is 0.0345. The third-order valence-electron chi connectivity index (χ3n) is 7.25. The number of aromatic nitrogens is 4. The van der Waals surface area contributed by atoms with Gasteiger partial charge in [-0.25, -0.2) is 4.68 Å². The molecular formula is C26H34N6O. The molecule has 0 spiro atoms. The second-order valence-electron chi connectivity index (χ2n) is 9.41. The summed E-state index contributed by atoms with van der Waals surface area (Å²) in [4.78, 5) is 5.06. The SMILES string of the molecule is COc1ccc([C@@H](c2nnnn2C2CCCC2)N2CCN(c3cc(C)ccc3C)CC2)cc1. The number of anilines is 1. The number of piperazine rings is 1. The lowest BCUT2D eigenvalue weighted by Gasteiger charge is -2.40. The fraction of sp³-hybridized carbons (Fsp3) is 0.500. The van der Waals surface area contributed by atoms with E-state index in [-0.39, 0.29) is 6.04 Å². The highest BCUT2D eigenvalue weighted by Gasteiger charge is 2.33. The highest BCUT2D eigenvalue weighted by Crippen LogP contribution is 2.35. The molecule has 2 heterocycles. The molecule has 5 rings (SSSR count). The molecule has 1 aliphatic carbocycles. The first-order valence-electron chi connectivity index (χ1n) is 12.1. The standard InChI is InChI=1S/C26H34N6O/c1-19-8-9-20(2)24(18-19)30-14-16-31(17-15-30)25(21-10-12-23(33-3)13-11-21)26-27-28-29-32(26)22-6-4-5-7-22/h8-13,18,22,25H,4-7,14-17H2,1-3H3/t25-/m0/s1. The Morgan fingerprint density at radius 1 is 0.939 bits per heavy atom. The molecule has 1 saturated heterocycles. The zero-order chi connectivity index (χ0) is 22.8. The van der Waals surface area contributed by atoms with E-state index in [1.165, 1.54) is 35.2 Å². The minimum Gasteiger partial charge on any atom is -0.497 e. The maximum atomic E-state index is 5.41. The van der Waals surface area contributed by atoms with Crippen molar-refractivity contribution < 1.29 is 4.74 Å². The lowest BCUT2D eigenvalue weighted by atomic mass is 10.0. The topological polar surface area (TPSA) is 59.3 Å². The van der Waals surface area contributed by atoms with E-state index in [0.717, 1.165) is 50.6 Å². The van der Waals surface area contributed by atoms with Crippen LogP contribution in [0.25, 0.3) is 0 Å². The van der Waals surface area contributed by atoms with Crippen molar-refractivity contribution in [2.75, 3.05) is 38.2 Å². The summed E-state index contributed by atoms with van der Waals surface area (Å²) in [7, 11) is 1.71. The molecule has 1 aliphatic heterocycles. The number of ether oxygens (including phenoxy) is 1. The molecule has 0 bridgehead atoms. The van der Waals surface area contributed by atoms with Gasteiger partial charge in [-0.3, -0.25) is 4.90 Å². The van der Waals surface area contributed by atoms with Gasteiger partial charge >= 0.3 is 0 Å². The Morgan fingerprint density at radius 2 is 1.67 bits per heavy atom. The van der Waals surface area contributed by atoms with E-state index >= 15 is 0 Å². The maximum absolute atomic E-state index is 5.41. The molecule has 1 aromatic heterocycles. The smallest absolute Gasteiger partial charge is 0.173 e. The van der Waals surface area contributed by atoms with Gasteiger partial charge in [0.05, 0.1) is 19.2 Å². The van der Waals surface area contributed by atoms with Crippen LogP contribution in [-0.2, 0) is 0 Å². The number of rotatable bonds is 6. The van der Waals surface area contributed by atoms with Gasteiger partial charge in [0.1, 0.15) is 5.75 Å². The Morgan fingerprint density at radius 3 is 2.36 bits per heavy atom. The molecule has 174 valence electrons. The summed E-state index contributed by atoms with van der Waals surface area (Å²) < 4.78 is 7.52. The zero-order valence-corrected chi connectivity index (χ0v) is 19.9. The van der Waals surface area contributed by atoms with E-state index in [4.69, 9.17) is 4.74 Å². The molecule has 0 amide bonds. The van der Waals surface area contributed by atoms with Crippen LogP contribution in [0.2, 0.25) is 0 Å². The van der Waals surface area contributed by atoms with E-state index in [0.29, 0.717) is 6.04 Å². The second-order valence-corrected chi connectivity index (χ2v) is 9.41. The van der Waals surface area contributed by atoms with E-state index in [1.807, 2.05) is 12.1 Å². The normalized spacial score (nSPS) is 18.6. The van der Waals surface area contributed by atoms with E-state index in [2.05, 4.69) is 74.2 Å². The molecule has 0 unspecified atom stereocenters. The van der Waals surface area contributed by atoms with Crippen molar-refractivity contribution in [2.45, 2.75) is 51.6 Å². The minimum absolute atomic E-state index is 0.0345. The third-order valence-corrected chi connectivity index (χ3v) is 7.25. The number of hydrogen-bond acceptors (Lipinski definition) is 6. The van der Waals surface area contributed by atoms with Crippen molar-refractivity contribution in [3.05, 3.63) is 65.0 Å². The first-order chi connectivity index (χ1) is 16.1. The number of tetrazole rings is 1. The van der Waals surface area contributed by atoms with Gasteiger partial charge in [0.25, 0.3) is 0 Å². The van der Waals surface area contributed by atoms with E-state index in [1.54, 1.807) is 7.11 Å². The van der Waals surface area contributed by atoms with Crippen LogP contribution in [0.4, 0.5) is 5.69 Å². The molecule has 7 nitrogen and oxygen atoms in total. The predicted molar refractivity (Wildman–Crippen MR) is 130 cm³/mol. The van der Waals surface area contributed by atoms with Crippen LogP contribution in [-0.4, -0.2) is 58.4 Å². The molecule has 2 fully saturated rings. The molecule has 2 aliphatic rings. The fourth-order valence-electron chi connectivity index (χ4n) is 5.38. The van der Waals surface area contributed by atoms with Crippen LogP contribution < -0.4 is 9.64 Å². The van der Waals surface area contributed by atoms with Crippen molar-refractivity contribution in [2.24, 2.45) is 0 Å². The van der Waals surface area contributed by atoms with Crippen molar-refractivity contribution in [3.63, 3.8) is 0 Å². The summed E-state index contributed by atoms with van der Waals surface area (Å²) in [5.74, 6) is 1.83. The molecule has 1 atom stereocenters. The molecule has 7 heteroatoms. The molecule has 3 aromatic rings. The van der Waals surface area contributed by atoms with Gasteiger partial charge in [-0.15, -0.1) is 5.10 Å². The number of aryl methyl sites for hydroxylation is 2. The molecule has 1 saturated carbocycles. The molecule has 0 radical (unpaired) electrons. The molecule has 0 N–H and O–H groups in total. The Kier molecular flexibility index (Phi) is 6.31. The van der Waals surface area contributed by atoms with Crippen LogP contribution in [0.1, 0.15) is 60.3 Å². The number of methoxy groups -OCH3 is 1. The summed E-state index contributed by atoms with van der Waals surface area (Å²) >= 11 is 0. The Hall–Kier alpha value is -2.93. The van der Waals surface area contributed by atoms with Gasteiger partial charge in [0, 0.05) is 31.9 Å². The lowest BCUT2D eigenvalue weighted by Crippen LogP contribution is -2.48. The van der Waals surface area contributed by atoms with E-state index in [9.17, 15) is 0 Å². The average Bonchev–Trinajstić information content (AvgIpc) is 3.54. The van der Waals surface area contributed by atoms with Crippen LogP contribution in [0.5, 0.6) is 5.75 Å². The monoisotopic (exact) mass is 446 g/mol. The van der Waals surface area contributed by atoms with Crippen molar-refractivity contribution in [1.82, 2.24) is 25.1 Å². The lowest BCUT2D eigenvalue weighted by molar-refractivity contribution is 0.197.